The van der Waals surface area contributed by atoms with Crippen LogP contribution >= 0.6 is 0 Å². The Hall–Kier alpha value is -3.07. The molecule has 1 aromatic carbocycles. The molecule has 0 atom stereocenters. The maximum absolute atomic E-state index is 12.1. The molecule has 0 saturated carbocycles. The highest BCUT2D eigenvalue weighted by Crippen LogP contribution is 2.39. The monoisotopic (exact) mass is 385 g/mol. The second-order valence-electron chi connectivity index (χ2n) is 6.84. The number of carbonyl (C=O) groups is 1. The fourth-order valence-corrected chi connectivity index (χ4v) is 4.87. The number of amides is 1. The van der Waals surface area contributed by atoms with Gasteiger partial charge in [-0.15, -0.1) is 0 Å². The first-order valence-electron chi connectivity index (χ1n) is 8.32. The number of carbonyl (C=O) groups excluding carboxylic acids is 1. The maximum atomic E-state index is 12.1. The molecule has 0 radical (unpaired) electrons. The number of rotatable bonds is 2. The Morgan fingerprint density at radius 1 is 1.22 bits per heavy atom. The predicted octanol–water partition coefficient (Wildman–Crippen LogP) is 1.89. The molecule has 27 heavy (non-hydrogen) atoms. The van der Waals surface area contributed by atoms with Gasteiger partial charge in [0.15, 0.2) is 0 Å². The lowest BCUT2D eigenvalue weighted by Gasteiger charge is -2.15. The van der Waals surface area contributed by atoms with E-state index in [2.05, 4.69) is 9.71 Å². The van der Waals surface area contributed by atoms with Crippen molar-refractivity contribution in [3.8, 4) is 5.69 Å². The van der Waals surface area contributed by atoms with E-state index in [0.29, 0.717) is 28.0 Å². The average molecular weight is 385 g/mol. The molecule has 0 saturated heterocycles. The van der Waals surface area contributed by atoms with E-state index in [9.17, 15) is 13.2 Å². The molecule has 1 aliphatic rings. The lowest BCUT2D eigenvalue weighted by Crippen LogP contribution is -2.14. The highest BCUT2D eigenvalue weighted by atomic mass is 32.2. The zero-order valence-electron chi connectivity index (χ0n) is 15.1. The van der Waals surface area contributed by atoms with Gasteiger partial charge < -0.3 is 11.5 Å². The van der Waals surface area contributed by atoms with Crippen molar-refractivity contribution >= 4 is 38.5 Å². The first-order chi connectivity index (χ1) is 12.6. The van der Waals surface area contributed by atoms with Gasteiger partial charge in [0.05, 0.1) is 22.7 Å². The second kappa shape index (κ2) is 5.46. The van der Waals surface area contributed by atoms with E-state index in [-0.39, 0.29) is 17.1 Å². The van der Waals surface area contributed by atoms with Gasteiger partial charge in [0.1, 0.15) is 11.5 Å². The number of aryl methyl sites for hydroxylation is 3. The molecule has 1 amide bonds. The number of hydrogen-bond acceptors (Lipinski definition) is 5. The van der Waals surface area contributed by atoms with Gasteiger partial charge in [0.2, 0.25) is 10.0 Å². The Balaban J connectivity index is 2.17. The van der Waals surface area contributed by atoms with E-state index in [0.717, 1.165) is 16.8 Å². The van der Waals surface area contributed by atoms with Crippen LogP contribution in [0.1, 0.15) is 32.7 Å². The van der Waals surface area contributed by atoms with E-state index in [1.165, 1.54) is 0 Å². The minimum atomic E-state index is -3.46. The number of fused-ring (bicyclic) bond motifs is 2. The maximum Gasteiger partial charge on any atom is 0.253 e. The molecule has 0 bridgehead atoms. The molecule has 2 aromatic heterocycles. The van der Waals surface area contributed by atoms with Gasteiger partial charge in [-0.2, -0.15) is 0 Å². The first kappa shape index (κ1) is 17.3. The molecule has 8 nitrogen and oxygen atoms in total. The number of sulfonamides is 1. The van der Waals surface area contributed by atoms with Crippen molar-refractivity contribution in [1.82, 2.24) is 9.55 Å². The molecule has 4 rings (SSSR count). The van der Waals surface area contributed by atoms with Crippen molar-refractivity contribution in [3.05, 3.63) is 46.1 Å². The third kappa shape index (κ3) is 2.46. The molecule has 0 spiro atoms. The van der Waals surface area contributed by atoms with Crippen molar-refractivity contribution in [2.24, 2.45) is 5.73 Å². The number of primary amides is 1. The number of nitrogen functional groups attached to an aromatic ring is 1. The Morgan fingerprint density at radius 2 is 1.93 bits per heavy atom. The van der Waals surface area contributed by atoms with Gasteiger partial charge in [-0.05, 0) is 44.0 Å². The van der Waals surface area contributed by atoms with E-state index in [1.54, 1.807) is 16.7 Å². The lowest BCUT2D eigenvalue weighted by atomic mass is 10.1. The van der Waals surface area contributed by atoms with Crippen molar-refractivity contribution in [2.45, 2.75) is 26.5 Å². The Morgan fingerprint density at radius 3 is 2.59 bits per heavy atom. The highest BCUT2D eigenvalue weighted by Gasteiger charge is 2.30. The van der Waals surface area contributed by atoms with Crippen LogP contribution in [-0.2, 0) is 15.8 Å². The topological polar surface area (TPSA) is 133 Å². The summed E-state index contributed by atoms with van der Waals surface area (Å²) < 4.78 is 28.4. The fraction of sp³-hybridized carbons (Fsp3) is 0.222. The molecular formula is C18H19N5O3S. The minimum absolute atomic E-state index is 0.149. The van der Waals surface area contributed by atoms with Crippen molar-refractivity contribution in [2.75, 3.05) is 10.5 Å². The second-order valence-corrected chi connectivity index (χ2v) is 8.56. The van der Waals surface area contributed by atoms with Crippen LogP contribution in [0.3, 0.4) is 0 Å². The van der Waals surface area contributed by atoms with Crippen LogP contribution in [0, 0.1) is 20.8 Å². The summed E-state index contributed by atoms with van der Waals surface area (Å²) in [7, 11) is -3.46. The van der Waals surface area contributed by atoms with Crippen LogP contribution in [0.5, 0.6) is 0 Å². The molecule has 9 heteroatoms. The van der Waals surface area contributed by atoms with Crippen molar-refractivity contribution in [3.63, 3.8) is 0 Å². The summed E-state index contributed by atoms with van der Waals surface area (Å²) in [6.45, 7) is 5.61. The fourth-order valence-electron chi connectivity index (χ4n) is 3.60. The standard InChI is InChI=1S/C18H19N5O3S/c1-8-4-5-13-12(7-27(25,26)22-13)15(8)23-16(19)14(17(20)24)11-6-9(2)10(3)21-18(11)23/h4-6,22H,7,19H2,1-3H3,(H2,20,24). The molecule has 0 unspecified atom stereocenters. The molecule has 1 aliphatic heterocycles. The van der Waals surface area contributed by atoms with E-state index in [4.69, 9.17) is 11.5 Å². The van der Waals surface area contributed by atoms with E-state index >= 15 is 0 Å². The molecule has 5 N–H and O–H groups in total. The third-order valence-electron chi connectivity index (χ3n) is 4.98. The first-order valence-corrected chi connectivity index (χ1v) is 9.97. The summed E-state index contributed by atoms with van der Waals surface area (Å²) in [5, 5.41) is 0.550. The Kier molecular flexibility index (Phi) is 3.51. The van der Waals surface area contributed by atoms with Gasteiger partial charge in [0, 0.05) is 16.6 Å². The Labute approximate surface area is 156 Å². The average Bonchev–Trinajstić information content (AvgIpc) is 3.01. The number of nitrogens with two attached hydrogens (primary N) is 2. The number of aromatic nitrogens is 2. The predicted molar refractivity (Wildman–Crippen MR) is 104 cm³/mol. The summed E-state index contributed by atoms with van der Waals surface area (Å²) >= 11 is 0. The van der Waals surface area contributed by atoms with Crippen LogP contribution < -0.4 is 16.2 Å². The third-order valence-corrected chi connectivity index (χ3v) is 6.18. The number of hydrogen-bond donors (Lipinski definition) is 3. The molecule has 140 valence electrons. The molecular weight excluding hydrogens is 366 g/mol. The minimum Gasteiger partial charge on any atom is -0.384 e. The normalized spacial score (nSPS) is 14.9. The Bertz CT molecular complexity index is 1260. The zero-order chi connectivity index (χ0) is 19.7. The quantitative estimate of drug-likeness (QED) is 0.619. The highest BCUT2D eigenvalue weighted by molar-refractivity contribution is 7.92. The van der Waals surface area contributed by atoms with Crippen molar-refractivity contribution < 1.29 is 13.2 Å². The van der Waals surface area contributed by atoms with Crippen LogP contribution in [0.25, 0.3) is 16.7 Å². The van der Waals surface area contributed by atoms with E-state index < -0.39 is 15.9 Å². The van der Waals surface area contributed by atoms with Gasteiger partial charge in [-0.25, -0.2) is 13.4 Å². The summed E-state index contributed by atoms with van der Waals surface area (Å²) in [5.74, 6) is -0.678. The summed E-state index contributed by atoms with van der Waals surface area (Å²) in [6.07, 6.45) is 0. The van der Waals surface area contributed by atoms with Gasteiger partial charge in [0.25, 0.3) is 5.91 Å². The van der Waals surface area contributed by atoms with E-state index in [1.807, 2.05) is 26.8 Å². The van der Waals surface area contributed by atoms with Gasteiger partial charge >= 0.3 is 0 Å². The van der Waals surface area contributed by atoms with Gasteiger partial charge in [-0.3, -0.25) is 14.1 Å². The number of anilines is 2. The smallest absolute Gasteiger partial charge is 0.253 e. The molecule has 3 heterocycles. The van der Waals surface area contributed by atoms with Crippen LogP contribution in [-0.4, -0.2) is 23.9 Å². The number of nitrogens with one attached hydrogen (secondary N) is 1. The number of pyridine rings is 1. The molecule has 0 aliphatic carbocycles. The zero-order valence-corrected chi connectivity index (χ0v) is 15.9. The lowest BCUT2D eigenvalue weighted by molar-refractivity contribution is 0.100. The number of nitrogens with zero attached hydrogens (tertiary/aromatic N) is 2. The van der Waals surface area contributed by atoms with Crippen LogP contribution in [0.15, 0.2) is 18.2 Å². The SMILES string of the molecule is Cc1cc2c(C(N)=O)c(N)n(-c3c(C)ccc4c3CS(=O)(=O)N4)c2nc1C. The largest absolute Gasteiger partial charge is 0.384 e. The summed E-state index contributed by atoms with van der Waals surface area (Å²) in [6, 6.07) is 5.36. The van der Waals surface area contributed by atoms with Gasteiger partial charge in [-0.1, -0.05) is 6.07 Å². The summed E-state index contributed by atoms with van der Waals surface area (Å²) in [4.78, 5) is 16.7. The van der Waals surface area contributed by atoms with Crippen molar-refractivity contribution in [1.29, 1.82) is 0 Å². The molecule has 0 fully saturated rings. The number of benzene rings is 1. The van der Waals surface area contributed by atoms with Crippen LogP contribution in [0.2, 0.25) is 0 Å². The summed E-state index contributed by atoms with van der Waals surface area (Å²) in [5.41, 5.74) is 16.8. The van der Waals surface area contributed by atoms with Crippen LogP contribution in [0.4, 0.5) is 11.5 Å². The molecule has 3 aromatic rings.